The van der Waals surface area contributed by atoms with Gasteiger partial charge in [0.1, 0.15) is 0 Å². The van der Waals surface area contributed by atoms with Gasteiger partial charge >= 0.3 is 0 Å². The topological polar surface area (TPSA) is 63.5 Å². The van der Waals surface area contributed by atoms with E-state index in [4.69, 9.17) is 10.3 Å². The van der Waals surface area contributed by atoms with E-state index in [-0.39, 0.29) is 0 Å². The molecule has 1 saturated heterocycles. The van der Waals surface area contributed by atoms with Crippen LogP contribution in [0, 0.1) is 11.3 Å². The lowest BCUT2D eigenvalue weighted by molar-refractivity contribution is 0.258. The fraction of sp³-hybridized carbons (Fsp3) is 0.391. The summed E-state index contributed by atoms with van der Waals surface area (Å²) in [6.07, 6.45) is 1.10. The van der Waals surface area contributed by atoms with Gasteiger partial charge in [0.15, 0.2) is 5.96 Å². The third-order valence-corrected chi connectivity index (χ3v) is 5.09. The Morgan fingerprint density at radius 3 is 2.71 bits per heavy atom. The molecule has 0 radical (unpaired) electrons. The third-order valence-electron chi connectivity index (χ3n) is 5.09. The molecule has 0 amide bonds. The summed E-state index contributed by atoms with van der Waals surface area (Å²) in [5.41, 5.74) is 3.07. The van der Waals surface area contributed by atoms with Crippen LogP contribution in [0.3, 0.4) is 0 Å². The van der Waals surface area contributed by atoms with Gasteiger partial charge in [-0.2, -0.15) is 5.26 Å². The maximum Gasteiger partial charge on any atom is 0.191 e. The van der Waals surface area contributed by atoms with E-state index in [0.29, 0.717) is 24.2 Å². The lowest BCUT2D eigenvalue weighted by Gasteiger charge is -2.21. The number of guanidine groups is 1. The summed E-state index contributed by atoms with van der Waals surface area (Å²) < 4.78 is 0. The molecule has 0 bridgehead atoms. The molecule has 0 saturated carbocycles. The molecule has 2 aromatic carbocycles. The summed E-state index contributed by atoms with van der Waals surface area (Å²) >= 11 is 0. The lowest BCUT2D eigenvalue weighted by Crippen LogP contribution is -2.44. The largest absolute Gasteiger partial charge is 0.357 e. The van der Waals surface area contributed by atoms with E-state index in [9.17, 15) is 0 Å². The van der Waals surface area contributed by atoms with Crippen molar-refractivity contribution in [2.24, 2.45) is 4.99 Å². The first-order valence-electron chi connectivity index (χ1n) is 9.99. The van der Waals surface area contributed by atoms with Crippen molar-refractivity contribution in [1.29, 1.82) is 5.26 Å². The van der Waals surface area contributed by atoms with Crippen LogP contribution in [0.1, 0.15) is 37.0 Å². The zero-order valence-electron chi connectivity index (χ0n) is 16.7. The van der Waals surface area contributed by atoms with Crippen LogP contribution in [0.4, 0.5) is 0 Å². The highest BCUT2D eigenvalue weighted by molar-refractivity contribution is 5.80. The van der Waals surface area contributed by atoms with Crippen molar-refractivity contribution < 1.29 is 0 Å². The normalized spacial score (nSPS) is 20.0. The first-order chi connectivity index (χ1) is 13.7. The summed E-state index contributed by atoms with van der Waals surface area (Å²) in [5, 5.41) is 16.0. The molecule has 2 N–H and O–H groups in total. The van der Waals surface area contributed by atoms with E-state index in [0.717, 1.165) is 37.6 Å². The summed E-state index contributed by atoms with van der Waals surface area (Å²) in [6.45, 7) is 7.73. The SMILES string of the molecule is CCNC(=NCc1cccc(C#N)c1)NC1CC(C)N(Cc2ccccc2)C1. The van der Waals surface area contributed by atoms with E-state index in [1.807, 2.05) is 24.3 Å². The molecule has 2 atom stereocenters. The van der Waals surface area contributed by atoms with Gasteiger partial charge in [-0.1, -0.05) is 42.5 Å². The van der Waals surface area contributed by atoms with Crippen LogP contribution < -0.4 is 10.6 Å². The molecule has 1 aliphatic heterocycles. The second-order valence-corrected chi connectivity index (χ2v) is 7.35. The number of hydrogen-bond donors (Lipinski definition) is 2. The predicted octanol–water partition coefficient (Wildman–Crippen LogP) is 3.28. The van der Waals surface area contributed by atoms with Crippen molar-refractivity contribution in [3.8, 4) is 6.07 Å². The second kappa shape index (κ2) is 9.91. The molecule has 28 heavy (non-hydrogen) atoms. The highest BCUT2D eigenvalue weighted by atomic mass is 15.3. The van der Waals surface area contributed by atoms with Gasteiger partial charge in [-0.3, -0.25) is 4.90 Å². The number of nitriles is 1. The molecule has 0 aliphatic carbocycles. The van der Waals surface area contributed by atoms with Crippen LogP contribution in [-0.2, 0) is 13.1 Å². The standard InChI is InChI=1S/C23H29N5/c1-3-25-23(26-15-21-11-7-10-20(13-21)14-24)27-22-12-18(2)28(17-22)16-19-8-5-4-6-9-19/h4-11,13,18,22H,3,12,15-17H2,1-2H3,(H2,25,26,27). The monoisotopic (exact) mass is 375 g/mol. The molecular weight excluding hydrogens is 346 g/mol. The first kappa shape index (κ1) is 19.9. The Morgan fingerprint density at radius 1 is 1.18 bits per heavy atom. The molecule has 2 aromatic rings. The van der Waals surface area contributed by atoms with E-state index in [2.05, 4.69) is 65.8 Å². The average Bonchev–Trinajstić information content (AvgIpc) is 3.06. The maximum absolute atomic E-state index is 9.05. The Labute approximate surface area is 168 Å². The summed E-state index contributed by atoms with van der Waals surface area (Å²) in [7, 11) is 0. The molecule has 3 rings (SSSR count). The molecule has 146 valence electrons. The van der Waals surface area contributed by atoms with Crippen molar-refractivity contribution in [2.75, 3.05) is 13.1 Å². The molecule has 1 aliphatic rings. The minimum Gasteiger partial charge on any atom is -0.357 e. The molecule has 0 spiro atoms. The Kier molecular flexibility index (Phi) is 7.05. The van der Waals surface area contributed by atoms with Crippen molar-refractivity contribution >= 4 is 5.96 Å². The van der Waals surface area contributed by atoms with Crippen molar-refractivity contribution in [1.82, 2.24) is 15.5 Å². The third kappa shape index (κ3) is 5.58. The number of rotatable bonds is 6. The minimum absolute atomic E-state index is 0.377. The number of nitrogens with one attached hydrogen (secondary N) is 2. The maximum atomic E-state index is 9.05. The molecule has 5 heteroatoms. The van der Waals surface area contributed by atoms with Crippen LogP contribution in [0.2, 0.25) is 0 Å². The Hall–Kier alpha value is -2.84. The van der Waals surface area contributed by atoms with Gasteiger partial charge in [0, 0.05) is 31.7 Å². The van der Waals surface area contributed by atoms with Gasteiger partial charge in [-0.05, 0) is 43.5 Å². The second-order valence-electron chi connectivity index (χ2n) is 7.35. The van der Waals surface area contributed by atoms with Gasteiger partial charge in [0.05, 0.1) is 18.2 Å². The summed E-state index contributed by atoms with van der Waals surface area (Å²) in [5.74, 6) is 0.837. The number of benzene rings is 2. The lowest BCUT2D eigenvalue weighted by atomic mass is 10.1. The smallest absolute Gasteiger partial charge is 0.191 e. The highest BCUT2D eigenvalue weighted by Crippen LogP contribution is 2.20. The van der Waals surface area contributed by atoms with Crippen LogP contribution >= 0.6 is 0 Å². The van der Waals surface area contributed by atoms with Crippen molar-refractivity contribution in [3.63, 3.8) is 0 Å². The highest BCUT2D eigenvalue weighted by Gasteiger charge is 2.29. The minimum atomic E-state index is 0.377. The van der Waals surface area contributed by atoms with E-state index >= 15 is 0 Å². The number of nitrogens with zero attached hydrogens (tertiary/aromatic N) is 3. The van der Waals surface area contributed by atoms with Gasteiger partial charge in [0.25, 0.3) is 0 Å². The van der Waals surface area contributed by atoms with Crippen LogP contribution in [-0.4, -0.2) is 36.0 Å². The Balaban J connectivity index is 1.60. The molecule has 1 fully saturated rings. The van der Waals surface area contributed by atoms with Crippen LogP contribution in [0.25, 0.3) is 0 Å². The first-order valence-corrected chi connectivity index (χ1v) is 9.99. The van der Waals surface area contributed by atoms with Gasteiger partial charge in [-0.25, -0.2) is 4.99 Å². The van der Waals surface area contributed by atoms with Crippen LogP contribution in [0.5, 0.6) is 0 Å². The number of hydrogen-bond acceptors (Lipinski definition) is 3. The van der Waals surface area contributed by atoms with E-state index in [1.54, 1.807) is 0 Å². The Bertz CT molecular complexity index is 824. The van der Waals surface area contributed by atoms with Crippen molar-refractivity contribution in [2.45, 2.75) is 45.4 Å². The summed E-state index contributed by atoms with van der Waals surface area (Å²) in [4.78, 5) is 7.24. The van der Waals surface area contributed by atoms with Gasteiger partial charge in [-0.15, -0.1) is 0 Å². The fourth-order valence-electron chi connectivity index (χ4n) is 3.66. The number of aliphatic imine (C=N–C) groups is 1. The van der Waals surface area contributed by atoms with Gasteiger partial charge in [0.2, 0.25) is 0 Å². The van der Waals surface area contributed by atoms with E-state index in [1.165, 1.54) is 5.56 Å². The summed E-state index contributed by atoms with van der Waals surface area (Å²) in [6, 6.07) is 21.4. The molecule has 1 heterocycles. The average molecular weight is 376 g/mol. The predicted molar refractivity (Wildman–Crippen MR) is 114 cm³/mol. The fourth-order valence-corrected chi connectivity index (χ4v) is 3.66. The zero-order valence-corrected chi connectivity index (χ0v) is 16.7. The molecule has 2 unspecified atom stereocenters. The molecule has 5 nitrogen and oxygen atoms in total. The molecule has 0 aromatic heterocycles. The van der Waals surface area contributed by atoms with E-state index < -0.39 is 0 Å². The Morgan fingerprint density at radius 2 is 1.96 bits per heavy atom. The zero-order chi connectivity index (χ0) is 19.8. The van der Waals surface area contributed by atoms with Crippen LogP contribution in [0.15, 0.2) is 59.6 Å². The quantitative estimate of drug-likeness (QED) is 0.601. The molecular formula is C23H29N5. The van der Waals surface area contributed by atoms with Gasteiger partial charge < -0.3 is 10.6 Å². The van der Waals surface area contributed by atoms with Crippen molar-refractivity contribution in [3.05, 3.63) is 71.3 Å². The number of likely N-dealkylation sites (tertiary alicyclic amines) is 1.